The fourth-order valence-electron chi connectivity index (χ4n) is 1.96. The molecule has 0 aliphatic carbocycles. The highest BCUT2D eigenvalue weighted by Gasteiger charge is 2.24. The van der Waals surface area contributed by atoms with Gasteiger partial charge >= 0.3 is 0 Å². The molecule has 0 radical (unpaired) electrons. The Hall–Kier alpha value is -1.11. The van der Waals surface area contributed by atoms with Gasteiger partial charge in [0.1, 0.15) is 10.6 Å². The molecule has 0 aliphatic rings. The summed E-state index contributed by atoms with van der Waals surface area (Å²) in [6, 6.07) is 5.92. The average Bonchev–Trinajstić information content (AvgIpc) is 2.25. The average molecular weight is 286 g/mol. The Morgan fingerprint density at radius 3 is 2.37 bits per heavy atom. The molecule has 1 rings (SSSR count). The maximum absolute atomic E-state index is 12.1. The quantitative estimate of drug-likeness (QED) is 0.826. The van der Waals surface area contributed by atoms with Gasteiger partial charge in [0.25, 0.3) is 0 Å². The van der Waals surface area contributed by atoms with Gasteiger partial charge in [-0.2, -0.15) is 0 Å². The molecule has 1 aromatic rings. The van der Waals surface area contributed by atoms with E-state index in [0.717, 1.165) is 6.54 Å². The van der Waals surface area contributed by atoms with Gasteiger partial charge in [0.15, 0.2) is 0 Å². The maximum atomic E-state index is 12.1. The van der Waals surface area contributed by atoms with Gasteiger partial charge < -0.3 is 10.0 Å². The summed E-state index contributed by atoms with van der Waals surface area (Å²) in [5.41, 5.74) is -0.193. The number of benzene rings is 1. The smallest absolute Gasteiger partial charge is 0.244 e. The lowest BCUT2D eigenvalue weighted by Gasteiger charge is -2.28. The summed E-state index contributed by atoms with van der Waals surface area (Å²) in [7, 11) is 0.209. The fraction of sp³-hybridized carbons (Fsp3) is 0.538. The Labute approximate surface area is 115 Å². The van der Waals surface area contributed by atoms with Gasteiger partial charge in [-0.15, -0.1) is 0 Å². The SMILES string of the molecule is CN(C)CC(C)(C)CNS(=O)(=O)c1ccccc1O. The van der Waals surface area contributed by atoms with Crippen LogP contribution < -0.4 is 4.72 Å². The Morgan fingerprint density at radius 1 is 1.26 bits per heavy atom. The molecule has 6 heteroatoms. The molecule has 0 aliphatic heterocycles. The molecule has 0 fully saturated rings. The van der Waals surface area contributed by atoms with Crippen LogP contribution in [0.2, 0.25) is 0 Å². The van der Waals surface area contributed by atoms with Crippen LogP contribution in [0.25, 0.3) is 0 Å². The molecule has 0 heterocycles. The van der Waals surface area contributed by atoms with Gasteiger partial charge in [0.2, 0.25) is 10.0 Å². The van der Waals surface area contributed by atoms with Gasteiger partial charge in [-0.25, -0.2) is 13.1 Å². The van der Waals surface area contributed by atoms with E-state index >= 15 is 0 Å². The predicted octanol–water partition coefficient (Wildman–Crippen LogP) is 1.26. The van der Waals surface area contributed by atoms with Crippen molar-refractivity contribution >= 4 is 10.0 Å². The lowest BCUT2D eigenvalue weighted by molar-refractivity contribution is 0.242. The molecule has 0 saturated carbocycles. The minimum absolute atomic E-state index is 0.0874. The van der Waals surface area contributed by atoms with Crippen molar-refractivity contribution in [2.24, 2.45) is 5.41 Å². The molecular formula is C13H22N2O3S. The summed E-state index contributed by atoms with van der Waals surface area (Å²) in [6.45, 7) is 5.04. The Kier molecular flexibility index (Phi) is 4.95. The summed E-state index contributed by atoms with van der Waals surface area (Å²) in [5.74, 6) is -0.236. The van der Waals surface area contributed by atoms with E-state index in [1.807, 2.05) is 32.8 Å². The van der Waals surface area contributed by atoms with Crippen LogP contribution in [0, 0.1) is 5.41 Å². The normalized spacial score (nSPS) is 12.9. The van der Waals surface area contributed by atoms with E-state index in [1.165, 1.54) is 12.1 Å². The topological polar surface area (TPSA) is 69.6 Å². The van der Waals surface area contributed by atoms with Crippen LogP contribution in [-0.2, 0) is 10.0 Å². The third kappa shape index (κ3) is 4.81. The molecule has 19 heavy (non-hydrogen) atoms. The minimum atomic E-state index is -3.68. The number of sulfonamides is 1. The summed E-state index contributed by atoms with van der Waals surface area (Å²) in [5, 5.41) is 9.59. The number of nitrogens with zero attached hydrogens (tertiary/aromatic N) is 1. The van der Waals surface area contributed by atoms with Crippen molar-refractivity contribution in [3.63, 3.8) is 0 Å². The first-order valence-electron chi connectivity index (χ1n) is 6.06. The van der Waals surface area contributed by atoms with Gasteiger partial charge in [-0.05, 0) is 31.6 Å². The standard InChI is InChI=1S/C13H22N2O3S/c1-13(2,10-15(3)4)9-14-19(17,18)12-8-6-5-7-11(12)16/h5-8,14,16H,9-10H2,1-4H3. The third-order valence-electron chi connectivity index (χ3n) is 2.64. The van der Waals surface area contributed by atoms with Gasteiger partial charge in [0.05, 0.1) is 0 Å². The minimum Gasteiger partial charge on any atom is -0.507 e. The van der Waals surface area contributed by atoms with E-state index in [9.17, 15) is 13.5 Å². The van der Waals surface area contributed by atoms with Crippen LogP contribution in [0.5, 0.6) is 5.75 Å². The summed E-state index contributed by atoms with van der Waals surface area (Å²) < 4.78 is 26.7. The second-order valence-electron chi connectivity index (χ2n) is 5.69. The van der Waals surface area contributed by atoms with Crippen molar-refractivity contribution in [2.75, 3.05) is 27.2 Å². The molecule has 0 saturated heterocycles. The van der Waals surface area contributed by atoms with Crippen molar-refractivity contribution in [2.45, 2.75) is 18.7 Å². The van der Waals surface area contributed by atoms with E-state index < -0.39 is 10.0 Å². The molecule has 2 N–H and O–H groups in total. The summed E-state index contributed by atoms with van der Waals surface area (Å²) >= 11 is 0. The van der Waals surface area contributed by atoms with Crippen LogP contribution in [-0.4, -0.2) is 45.6 Å². The van der Waals surface area contributed by atoms with Crippen molar-refractivity contribution in [3.05, 3.63) is 24.3 Å². The number of rotatable bonds is 6. The second kappa shape index (κ2) is 5.90. The van der Waals surface area contributed by atoms with E-state index in [1.54, 1.807) is 12.1 Å². The fourth-order valence-corrected chi connectivity index (χ4v) is 3.30. The molecule has 5 nitrogen and oxygen atoms in total. The van der Waals surface area contributed by atoms with Crippen molar-refractivity contribution in [3.8, 4) is 5.75 Å². The predicted molar refractivity (Wildman–Crippen MR) is 75.6 cm³/mol. The number of nitrogens with one attached hydrogen (secondary N) is 1. The van der Waals surface area contributed by atoms with Gasteiger partial charge in [-0.3, -0.25) is 0 Å². The molecule has 0 bridgehead atoms. The largest absolute Gasteiger partial charge is 0.507 e. The molecule has 0 amide bonds. The van der Waals surface area contributed by atoms with Crippen LogP contribution in [0.3, 0.4) is 0 Å². The van der Waals surface area contributed by atoms with Crippen molar-refractivity contribution < 1.29 is 13.5 Å². The van der Waals surface area contributed by atoms with Crippen LogP contribution in [0.4, 0.5) is 0 Å². The summed E-state index contributed by atoms with van der Waals surface area (Å²) in [4.78, 5) is 1.92. The molecule has 0 spiro atoms. The number of hydrogen-bond acceptors (Lipinski definition) is 4. The van der Waals surface area contributed by atoms with Crippen LogP contribution >= 0.6 is 0 Å². The van der Waals surface area contributed by atoms with Crippen LogP contribution in [0.15, 0.2) is 29.2 Å². The maximum Gasteiger partial charge on any atom is 0.244 e. The first kappa shape index (κ1) is 15.9. The highest BCUT2D eigenvalue weighted by molar-refractivity contribution is 7.89. The van der Waals surface area contributed by atoms with Crippen LogP contribution in [0.1, 0.15) is 13.8 Å². The molecule has 0 unspecified atom stereocenters. The number of aromatic hydroxyl groups is 1. The van der Waals surface area contributed by atoms with Crippen molar-refractivity contribution in [1.29, 1.82) is 0 Å². The third-order valence-corrected chi connectivity index (χ3v) is 4.09. The first-order valence-corrected chi connectivity index (χ1v) is 7.55. The van der Waals surface area contributed by atoms with E-state index in [2.05, 4.69) is 4.72 Å². The number of para-hydroxylation sites is 1. The Morgan fingerprint density at radius 2 is 1.84 bits per heavy atom. The first-order chi connectivity index (χ1) is 8.64. The molecule has 1 aromatic carbocycles. The van der Waals surface area contributed by atoms with Gasteiger partial charge in [-0.1, -0.05) is 26.0 Å². The lowest BCUT2D eigenvalue weighted by atomic mass is 9.93. The number of phenols is 1. The zero-order chi connectivity index (χ0) is 14.7. The van der Waals surface area contributed by atoms with E-state index in [-0.39, 0.29) is 16.1 Å². The molecule has 0 atom stereocenters. The second-order valence-corrected chi connectivity index (χ2v) is 7.43. The molecule has 0 aromatic heterocycles. The highest BCUT2D eigenvalue weighted by Crippen LogP contribution is 2.22. The monoisotopic (exact) mass is 286 g/mol. The number of hydrogen-bond donors (Lipinski definition) is 2. The Bertz CT molecular complexity index is 524. The summed E-state index contributed by atoms with van der Waals surface area (Å²) in [6.07, 6.45) is 0. The lowest BCUT2D eigenvalue weighted by Crippen LogP contribution is -2.39. The highest BCUT2D eigenvalue weighted by atomic mass is 32.2. The molecule has 108 valence electrons. The Balaban J connectivity index is 2.80. The van der Waals surface area contributed by atoms with E-state index in [0.29, 0.717) is 6.54 Å². The van der Waals surface area contributed by atoms with Crippen molar-refractivity contribution in [1.82, 2.24) is 9.62 Å². The number of phenolic OH excluding ortho intramolecular Hbond substituents is 1. The molecular weight excluding hydrogens is 264 g/mol. The zero-order valence-corrected chi connectivity index (χ0v) is 12.7. The zero-order valence-electron chi connectivity index (χ0n) is 11.8. The van der Waals surface area contributed by atoms with Gasteiger partial charge in [0, 0.05) is 13.1 Å². The van der Waals surface area contributed by atoms with E-state index in [4.69, 9.17) is 0 Å².